The largest absolute Gasteiger partial charge is 0.355 e. The lowest BCUT2D eigenvalue weighted by Gasteiger charge is -2.30. The fourth-order valence-corrected chi connectivity index (χ4v) is 2.29. The second-order valence-corrected chi connectivity index (χ2v) is 4.64. The van der Waals surface area contributed by atoms with Crippen LogP contribution < -0.4 is 11.1 Å². The summed E-state index contributed by atoms with van der Waals surface area (Å²) in [4.78, 5) is 25.3. The van der Waals surface area contributed by atoms with E-state index in [-0.39, 0.29) is 30.8 Å². The minimum atomic E-state index is -0.734. The predicted octanol–water partition coefficient (Wildman–Crippen LogP) is 0.664. The molecule has 0 aliphatic heterocycles. The number of carbonyl (C=O) groups is 2. The summed E-state index contributed by atoms with van der Waals surface area (Å²) in [5.74, 6) is -0.201. The van der Waals surface area contributed by atoms with Crippen molar-refractivity contribution in [2.24, 2.45) is 5.73 Å². The lowest BCUT2D eigenvalue weighted by Crippen LogP contribution is -2.55. The number of amides is 2. The van der Waals surface area contributed by atoms with E-state index in [0.717, 1.165) is 25.7 Å². The summed E-state index contributed by atoms with van der Waals surface area (Å²) in [6, 6.07) is 0. The lowest BCUT2D eigenvalue weighted by molar-refractivity contribution is -0.140. The molecule has 0 aromatic rings. The molecule has 0 heterocycles. The van der Waals surface area contributed by atoms with Gasteiger partial charge in [-0.25, -0.2) is 0 Å². The fraction of sp³-hybridized carbons (Fsp3) is 0.833. The molecule has 0 bridgehead atoms. The summed E-state index contributed by atoms with van der Waals surface area (Å²) in [6.45, 7) is 4.95. The van der Waals surface area contributed by atoms with Gasteiger partial charge in [-0.3, -0.25) is 9.59 Å². The van der Waals surface area contributed by atoms with Crippen LogP contribution in [-0.2, 0) is 9.59 Å². The van der Waals surface area contributed by atoms with Crippen molar-refractivity contribution in [1.29, 1.82) is 0 Å². The molecular formula is C12H24ClN3O2. The van der Waals surface area contributed by atoms with Crippen molar-refractivity contribution in [3.8, 4) is 0 Å². The van der Waals surface area contributed by atoms with Crippen LogP contribution in [0.3, 0.4) is 0 Å². The van der Waals surface area contributed by atoms with Crippen LogP contribution in [0.4, 0.5) is 0 Å². The van der Waals surface area contributed by atoms with Gasteiger partial charge < -0.3 is 16.0 Å². The van der Waals surface area contributed by atoms with Crippen LogP contribution in [0.2, 0.25) is 0 Å². The smallest absolute Gasteiger partial charge is 0.243 e. The molecule has 1 aliphatic rings. The summed E-state index contributed by atoms with van der Waals surface area (Å²) in [5.41, 5.74) is 5.37. The van der Waals surface area contributed by atoms with Gasteiger partial charge >= 0.3 is 0 Å². The van der Waals surface area contributed by atoms with Crippen molar-refractivity contribution < 1.29 is 9.59 Å². The molecule has 106 valence electrons. The van der Waals surface area contributed by atoms with Crippen molar-refractivity contribution >= 4 is 24.2 Å². The van der Waals surface area contributed by atoms with Crippen molar-refractivity contribution in [1.82, 2.24) is 10.2 Å². The molecule has 0 spiro atoms. The first-order valence-electron chi connectivity index (χ1n) is 6.38. The third-order valence-corrected chi connectivity index (χ3v) is 3.30. The van der Waals surface area contributed by atoms with Crippen molar-refractivity contribution in [2.75, 3.05) is 19.6 Å². The van der Waals surface area contributed by atoms with Crippen LogP contribution in [0.15, 0.2) is 0 Å². The van der Waals surface area contributed by atoms with Crippen LogP contribution in [-0.4, -0.2) is 41.9 Å². The Balaban J connectivity index is 0.00000289. The minimum absolute atomic E-state index is 0. The van der Waals surface area contributed by atoms with Gasteiger partial charge in [-0.05, 0) is 26.7 Å². The van der Waals surface area contributed by atoms with Gasteiger partial charge in [0.1, 0.15) is 0 Å². The SMILES string of the molecule is CCNC(=O)CN(CC)C(=O)C1(N)CCCC1.Cl. The molecule has 3 N–H and O–H groups in total. The molecule has 0 aromatic carbocycles. The summed E-state index contributed by atoms with van der Waals surface area (Å²) in [6.07, 6.45) is 3.47. The lowest BCUT2D eigenvalue weighted by atomic mass is 9.97. The van der Waals surface area contributed by atoms with Gasteiger partial charge in [0.05, 0.1) is 12.1 Å². The number of nitrogens with zero attached hydrogens (tertiary/aromatic N) is 1. The highest BCUT2D eigenvalue weighted by molar-refractivity contribution is 5.90. The highest BCUT2D eigenvalue weighted by Gasteiger charge is 2.39. The molecule has 0 aromatic heterocycles. The van der Waals surface area contributed by atoms with Gasteiger partial charge in [-0.15, -0.1) is 12.4 Å². The molecule has 6 heteroatoms. The molecule has 2 amide bonds. The van der Waals surface area contributed by atoms with Crippen LogP contribution in [0.25, 0.3) is 0 Å². The molecular weight excluding hydrogens is 254 g/mol. The summed E-state index contributed by atoms with van der Waals surface area (Å²) >= 11 is 0. The maximum atomic E-state index is 12.3. The number of halogens is 1. The Kier molecular flexibility index (Phi) is 7.25. The Bertz CT molecular complexity index is 291. The van der Waals surface area contributed by atoms with Crippen molar-refractivity contribution in [3.05, 3.63) is 0 Å². The van der Waals surface area contributed by atoms with E-state index in [1.54, 1.807) is 4.90 Å². The Labute approximate surface area is 115 Å². The minimum Gasteiger partial charge on any atom is -0.355 e. The number of hydrogen-bond donors (Lipinski definition) is 2. The number of likely N-dealkylation sites (N-methyl/N-ethyl adjacent to an activating group) is 2. The zero-order valence-corrected chi connectivity index (χ0v) is 12.0. The van der Waals surface area contributed by atoms with Crippen LogP contribution in [0, 0.1) is 0 Å². The Morgan fingerprint density at radius 1 is 1.28 bits per heavy atom. The first-order chi connectivity index (χ1) is 8.03. The number of rotatable bonds is 5. The van der Waals surface area contributed by atoms with Crippen molar-refractivity contribution in [3.63, 3.8) is 0 Å². The average molecular weight is 278 g/mol. The second-order valence-electron chi connectivity index (χ2n) is 4.64. The van der Waals surface area contributed by atoms with Crippen LogP contribution >= 0.6 is 12.4 Å². The molecule has 5 nitrogen and oxygen atoms in total. The predicted molar refractivity (Wildman–Crippen MR) is 73.6 cm³/mol. The Hall–Kier alpha value is -0.810. The maximum absolute atomic E-state index is 12.3. The normalized spacial score (nSPS) is 16.8. The highest BCUT2D eigenvalue weighted by Crippen LogP contribution is 2.28. The van der Waals surface area contributed by atoms with E-state index in [1.165, 1.54) is 0 Å². The molecule has 0 saturated heterocycles. The zero-order valence-electron chi connectivity index (χ0n) is 11.2. The Morgan fingerprint density at radius 3 is 2.28 bits per heavy atom. The van der Waals surface area contributed by atoms with Gasteiger partial charge in [-0.1, -0.05) is 12.8 Å². The number of carbonyl (C=O) groups excluding carboxylic acids is 2. The van der Waals surface area contributed by atoms with E-state index in [9.17, 15) is 9.59 Å². The van der Waals surface area contributed by atoms with Crippen LogP contribution in [0.5, 0.6) is 0 Å². The van der Waals surface area contributed by atoms with E-state index < -0.39 is 5.54 Å². The first kappa shape index (κ1) is 17.2. The number of hydrogen-bond acceptors (Lipinski definition) is 3. The van der Waals surface area contributed by atoms with E-state index in [2.05, 4.69) is 5.32 Å². The molecule has 0 atom stereocenters. The van der Waals surface area contributed by atoms with E-state index >= 15 is 0 Å². The molecule has 1 saturated carbocycles. The summed E-state index contributed by atoms with van der Waals surface area (Å²) < 4.78 is 0. The van der Waals surface area contributed by atoms with E-state index in [1.807, 2.05) is 13.8 Å². The third-order valence-electron chi connectivity index (χ3n) is 3.30. The molecule has 1 fully saturated rings. The standard InChI is InChI=1S/C12H23N3O2.ClH/c1-3-14-10(16)9-15(4-2)11(17)12(13)7-5-6-8-12;/h3-9,13H2,1-2H3,(H,14,16);1H. The van der Waals surface area contributed by atoms with Gasteiger partial charge in [0.25, 0.3) is 0 Å². The van der Waals surface area contributed by atoms with E-state index in [0.29, 0.717) is 13.1 Å². The van der Waals surface area contributed by atoms with Gasteiger partial charge in [0.15, 0.2) is 0 Å². The maximum Gasteiger partial charge on any atom is 0.243 e. The highest BCUT2D eigenvalue weighted by atomic mass is 35.5. The van der Waals surface area contributed by atoms with Gasteiger partial charge in [-0.2, -0.15) is 0 Å². The molecule has 0 unspecified atom stereocenters. The number of nitrogens with one attached hydrogen (secondary N) is 1. The van der Waals surface area contributed by atoms with Crippen molar-refractivity contribution in [2.45, 2.75) is 45.1 Å². The topological polar surface area (TPSA) is 75.4 Å². The molecule has 18 heavy (non-hydrogen) atoms. The first-order valence-corrected chi connectivity index (χ1v) is 6.38. The van der Waals surface area contributed by atoms with E-state index in [4.69, 9.17) is 5.73 Å². The summed E-state index contributed by atoms with van der Waals surface area (Å²) in [5, 5.41) is 2.69. The molecule has 0 radical (unpaired) electrons. The Morgan fingerprint density at radius 2 is 1.83 bits per heavy atom. The third kappa shape index (κ3) is 4.14. The quantitative estimate of drug-likeness (QED) is 0.775. The zero-order chi connectivity index (χ0) is 12.9. The summed E-state index contributed by atoms with van der Waals surface area (Å²) in [7, 11) is 0. The fourth-order valence-electron chi connectivity index (χ4n) is 2.29. The monoisotopic (exact) mass is 277 g/mol. The second kappa shape index (κ2) is 7.59. The van der Waals surface area contributed by atoms with Crippen LogP contribution in [0.1, 0.15) is 39.5 Å². The number of nitrogens with two attached hydrogens (primary N) is 1. The molecule has 1 rings (SSSR count). The average Bonchev–Trinajstić information content (AvgIpc) is 2.74. The molecule has 1 aliphatic carbocycles. The van der Waals surface area contributed by atoms with Gasteiger partial charge in [0.2, 0.25) is 11.8 Å². The van der Waals surface area contributed by atoms with Gasteiger partial charge in [0, 0.05) is 13.1 Å².